The van der Waals surface area contributed by atoms with Gasteiger partial charge in [-0.05, 0) is 142 Å². The summed E-state index contributed by atoms with van der Waals surface area (Å²) in [6.45, 7) is 24.1. The first-order valence-electron chi connectivity index (χ1n) is 24.2. The number of aromatic nitrogens is 10. The Hall–Kier alpha value is -4.98. The van der Waals surface area contributed by atoms with Crippen LogP contribution in [0.4, 0.5) is 17.7 Å². The van der Waals surface area contributed by atoms with Gasteiger partial charge in [-0.25, -0.2) is 34.0 Å². The minimum absolute atomic E-state index is 0.0807. The maximum Gasteiger partial charge on any atom is 0.324 e. The molecule has 0 saturated carbocycles. The van der Waals surface area contributed by atoms with Gasteiger partial charge in [-0.15, -0.1) is 5.23 Å². The van der Waals surface area contributed by atoms with Gasteiger partial charge in [0.05, 0.1) is 18.1 Å². The largest absolute Gasteiger partial charge is 0.467 e. The molecular formula is C48H60BrN13O6S4. The Labute approximate surface area is 443 Å². The molecule has 0 aromatic carbocycles. The fraction of sp³-hybridized carbons (Fsp3) is 0.542. The summed E-state index contributed by atoms with van der Waals surface area (Å²) < 4.78 is 32.2. The van der Waals surface area contributed by atoms with Crippen LogP contribution >= 0.6 is 61.7 Å². The fourth-order valence-corrected chi connectivity index (χ4v) is 11.2. The van der Waals surface area contributed by atoms with E-state index >= 15 is 0 Å². The van der Waals surface area contributed by atoms with Crippen LogP contribution in [0.2, 0.25) is 0 Å². The Balaban J connectivity index is 0.000000142. The maximum absolute atomic E-state index is 6.23. The van der Waals surface area contributed by atoms with E-state index < -0.39 is 0 Å². The lowest BCUT2D eigenvalue weighted by Crippen LogP contribution is -2.41. The average molecular weight is 1120 g/mol. The van der Waals surface area contributed by atoms with Crippen LogP contribution in [-0.4, -0.2) is 98.6 Å². The third-order valence-corrected chi connectivity index (χ3v) is 16.6. The summed E-state index contributed by atoms with van der Waals surface area (Å²) in [6.07, 6.45) is 7.82. The summed E-state index contributed by atoms with van der Waals surface area (Å²) in [4.78, 5) is 44.8. The van der Waals surface area contributed by atoms with E-state index in [0.717, 1.165) is 106 Å². The number of pyridine rings is 2. The van der Waals surface area contributed by atoms with Crippen LogP contribution in [0.1, 0.15) is 118 Å². The van der Waals surface area contributed by atoms with Crippen molar-refractivity contribution in [3.05, 3.63) is 63.7 Å². The van der Waals surface area contributed by atoms with Crippen LogP contribution in [0, 0.1) is 11.8 Å². The number of hydrogen-bond acceptors (Lipinski definition) is 23. The van der Waals surface area contributed by atoms with Crippen molar-refractivity contribution in [1.82, 2.24) is 49.0 Å². The third-order valence-electron chi connectivity index (χ3n) is 13.3. The molecule has 0 radical (unpaired) electrons. The number of fused-ring (bicyclic) bond motifs is 2. The summed E-state index contributed by atoms with van der Waals surface area (Å²) in [7, 11) is 0. The van der Waals surface area contributed by atoms with E-state index in [-0.39, 0.29) is 35.2 Å². The van der Waals surface area contributed by atoms with E-state index in [1.165, 1.54) is 51.0 Å². The highest BCUT2D eigenvalue weighted by Gasteiger charge is 2.50. The summed E-state index contributed by atoms with van der Waals surface area (Å²) >= 11 is 9.18. The molecule has 8 aromatic heterocycles. The molecule has 0 bridgehead atoms. The van der Waals surface area contributed by atoms with Gasteiger partial charge in [0.25, 0.3) is 10.4 Å². The van der Waals surface area contributed by atoms with Gasteiger partial charge >= 0.3 is 12.0 Å². The molecule has 3 aliphatic heterocycles. The van der Waals surface area contributed by atoms with Crippen molar-refractivity contribution < 1.29 is 28.2 Å². The van der Waals surface area contributed by atoms with E-state index in [2.05, 4.69) is 111 Å². The van der Waals surface area contributed by atoms with Crippen molar-refractivity contribution in [2.45, 2.75) is 130 Å². The van der Waals surface area contributed by atoms with Crippen molar-refractivity contribution in [3.8, 4) is 21.6 Å². The summed E-state index contributed by atoms with van der Waals surface area (Å²) in [6, 6.07) is 9.09. The first kappa shape index (κ1) is 51.9. The average Bonchev–Trinajstić information content (AvgIpc) is 4.21. The van der Waals surface area contributed by atoms with E-state index in [1.54, 1.807) is 6.20 Å². The molecule has 3 fully saturated rings. The molecule has 11 heterocycles. The van der Waals surface area contributed by atoms with E-state index in [9.17, 15) is 0 Å². The maximum atomic E-state index is 6.23. The topological polar surface area (TPSA) is 202 Å². The molecule has 2 atom stereocenters. The second kappa shape index (κ2) is 22.2. The Morgan fingerprint density at radius 2 is 1.10 bits per heavy atom. The second-order valence-corrected chi connectivity index (χ2v) is 23.7. The number of thiazole rings is 2. The highest BCUT2D eigenvalue weighted by molar-refractivity contribution is 9.10. The first-order chi connectivity index (χ1) is 34.5. The fourth-order valence-electron chi connectivity index (χ4n) is 8.02. The molecule has 8 aromatic rings. The molecule has 0 N–H and O–H groups in total. The lowest BCUT2D eigenvalue weighted by molar-refractivity contribution is -0.0272. The predicted octanol–water partition coefficient (Wildman–Crippen LogP) is 12.0. The Morgan fingerprint density at radius 3 is 1.56 bits per heavy atom. The summed E-state index contributed by atoms with van der Waals surface area (Å²) in [5.41, 5.74) is 3.85. The number of nitrogens with zero attached hydrogens (tertiary/aromatic N) is 13. The normalized spacial score (nSPS) is 18.1. The van der Waals surface area contributed by atoms with Crippen LogP contribution < -0.4 is 24.5 Å². The molecule has 2 unspecified atom stereocenters. The third kappa shape index (κ3) is 12.2. The highest BCUT2D eigenvalue weighted by atomic mass is 79.9. The summed E-state index contributed by atoms with van der Waals surface area (Å²) in [5.74, 6) is 3.00. The zero-order valence-corrected chi connectivity index (χ0v) is 46.9. The van der Waals surface area contributed by atoms with Crippen molar-refractivity contribution in [2.75, 3.05) is 41.2 Å². The molecule has 3 saturated heterocycles. The molecule has 0 aliphatic carbocycles. The van der Waals surface area contributed by atoms with Crippen LogP contribution in [0.25, 0.3) is 32.0 Å². The van der Waals surface area contributed by atoms with Crippen LogP contribution in [0.15, 0.2) is 61.1 Å². The van der Waals surface area contributed by atoms with Gasteiger partial charge < -0.3 is 28.3 Å². The first-order valence-corrected chi connectivity index (χ1v) is 28.3. The van der Waals surface area contributed by atoms with Crippen molar-refractivity contribution in [1.29, 1.82) is 0 Å². The van der Waals surface area contributed by atoms with Gasteiger partial charge in [-0.3, -0.25) is 0 Å². The Bertz CT molecular complexity index is 2960. The van der Waals surface area contributed by atoms with Gasteiger partial charge in [0.15, 0.2) is 11.6 Å². The Morgan fingerprint density at radius 1 is 0.611 bits per heavy atom. The zero-order valence-electron chi connectivity index (χ0n) is 42.0. The molecule has 72 heavy (non-hydrogen) atoms. The molecule has 19 nitrogen and oxygen atoms in total. The van der Waals surface area contributed by atoms with Gasteiger partial charge in [0, 0.05) is 54.3 Å². The van der Waals surface area contributed by atoms with E-state index in [0.29, 0.717) is 34.3 Å². The van der Waals surface area contributed by atoms with E-state index in [4.69, 9.17) is 33.2 Å². The molecule has 3 aliphatic rings. The minimum Gasteiger partial charge on any atom is -0.467 e. The number of hydrogen-bond donors (Lipinski definition) is 0. The van der Waals surface area contributed by atoms with Crippen LogP contribution in [0.5, 0.6) is 10.4 Å². The van der Waals surface area contributed by atoms with Crippen LogP contribution in [-0.2, 0) is 9.68 Å². The lowest BCUT2D eigenvalue weighted by atomic mass is 9.90. The number of piperidine rings is 2. The number of anilines is 3. The van der Waals surface area contributed by atoms with Gasteiger partial charge in [0.1, 0.15) is 54.4 Å². The van der Waals surface area contributed by atoms with Crippen molar-refractivity contribution >= 4 is 100 Å². The zero-order chi connectivity index (χ0) is 50.7. The monoisotopic (exact) mass is 1120 g/mol. The molecule has 24 heteroatoms. The second-order valence-electron chi connectivity index (χ2n) is 19.7. The van der Waals surface area contributed by atoms with E-state index in [1.807, 2.05) is 68.9 Å². The van der Waals surface area contributed by atoms with Gasteiger partial charge in [0.2, 0.25) is 0 Å². The molecule has 0 amide bonds. The standard InChI is InChI=1S/C21H24N6O2S2.C18H22BrN5O2S.C9H14N2O2S/c1-12(2)18-25-20(29-26-18)27-8-6-14(7-9-27)13(3)28-21-24-17-5-4-16(23-19(17)31-21)15-10-22-30-11-15;1-10(2)15-22-17(26-23-15)24-8-6-12(7-9-24)11(3)25-18-20-13-4-5-14(19)21-16(13)27-18;1-8(2)9(3,4)13-11(12-8)7-5-10-14-6-7/h4-5,10-14H,6-9H2,1-3H3;4-5,10-12H,6-9H2,1-3H3;5-6H,1-4H3. The number of ether oxygens (including phenoxy) is 2. The lowest BCUT2D eigenvalue weighted by Gasteiger charge is -2.33. The van der Waals surface area contributed by atoms with Crippen LogP contribution in [0.3, 0.4) is 0 Å². The highest BCUT2D eigenvalue weighted by Crippen LogP contribution is 2.40. The molecule has 384 valence electrons. The van der Waals surface area contributed by atoms with Gasteiger partial charge in [-0.2, -0.15) is 14.3 Å². The van der Waals surface area contributed by atoms with Gasteiger partial charge in [-0.1, -0.05) is 60.7 Å². The number of rotatable bonds is 12. The summed E-state index contributed by atoms with van der Waals surface area (Å²) in [5, 5.41) is 14.8. The van der Waals surface area contributed by atoms with Crippen molar-refractivity contribution in [3.63, 3.8) is 0 Å². The molecule has 11 rings (SSSR count). The Kier molecular flexibility index (Phi) is 16.0. The molecular weight excluding hydrogens is 1060 g/mol. The predicted molar refractivity (Wildman–Crippen MR) is 285 cm³/mol. The minimum atomic E-state index is -0.338. The quantitative estimate of drug-likeness (QED) is 0.104. The SMILES string of the molecule is CC(C)c1noc(N2CCC(C(C)Oc3nc4ccc(-c5cnsc5)nc4s3)CC2)n1.CC(C)c1noc(N2CCC(C(C)Oc3nc4ccc(Br)nc4s3)CC2)n1.CC1(C)ON(c2cnsc2)OC1(C)C. The smallest absolute Gasteiger partial charge is 0.324 e. The number of halogens is 1. The van der Waals surface area contributed by atoms with Crippen molar-refractivity contribution in [2.24, 2.45) is 11.8 Å². The molecule has 0 spiro atoms.